The molecule has 2 amide bonds. The number of thiophene rings is 1. The maximum absolute atomic E-state index is 13.8. The molecule has 0 atom stereocenters. The van der Waals surface area contributed by atoms with Crippen molar-refractivity contribution in [3.63, 3.8) is 0 Å². The van der Waals surface area contributed by atoms with Gasteiger partial charge in [-0.25, -0.2) is 12.8 Å². The second kappa shape index (κ2) is 8.68. The first-order valence-electron chi connectivity index (χ1n) is 8.35. The summed E-state index contributed by atoms with van der Waals surface area (Å²) in [5, 5.41) is 2.56. The number of halogens is 2. The molecule has 7 nitrogen and oxygen atoms in total. The third-order valence-electron chi connectivity index (χ3n) is 4.24. The number of piperazine rings is 1. The zero-order chi connectivity index (χ0) is 20.3. The zero-order valence-corrected chi connectivity index (χ0v) is 17.8. The Morgan fingerprint density at radius 3 is 2.39 bits per heavy atom. The standard InChI is InChI=1S/C17H17BrFN3O4S2/c18-15-6-5-13(27-15)17(24)20-11-16(23)21-7-9-22(10-8-21)28(25,26)14-4-2-1-3-12(14)19/h1-6H,7-11H2,(H,20,24). The molecule has 0 saturated carbocycles. The van der Waals surface area contributed by atoms with Gasteiger partial charge in [0.05, 0.1) is 15.2 Å². The molecule has 28 heavy (non-hydrogen) atoms. The molecule has 1 N–H and O–H groups in total. The molecule has 0 spiro atoms. The molecule has 1 aliphatic heterocycles. The van der Waals surface area contributed by atoms with Gasteiger partial charge in [0, 0.05) is 26.2 Å². The Morgan fingerprint density at radius 1 is 1.11 bits per heavy atom. The van der Waals surface area contributed by atoms with Gasteiger partial charge in [0.2, 0.25) is 15.9 Å². The second-order valence-corrected chi connectivity index (χ2v) is 10.4. The van der Waals surface area contributed by atoms with E-state index in [0.29, 0.717) is 4.88 Å². The molecule has 0 radical (unpaired) electrons. The van der Waals surface area contributed by atoms with E-state index in [9.17, 15) is 22.4 Å². The molecule has 150 valence electrons. The van der Waals surface area contributed by atoms with Crippen LogP contribution in [0.5, 0.6) is 0 Å². The summed E-state index contributed by atoms with van der Waals surface area (Å²) < 4.78 is 41.0. The van der Waals surface area contributed by atoms with Gasteiger partial charge >= 0.3 is 0 Å². The summed E-state index contributed by atoms with van der Waals surface area (Å²) in [4.78, 5) is 25.9. The fraction of sp³-hybridized carbons (Fsp3) is 0.294. The van der Waals surface area contributed by atoms with E-state index in [2.05, 4.69) is 21.2 Å². The van der Waals surface area contributed by atoms with Gasteiger partial charge in [-0.2, -0.15) is 4.31 Å². The van der Waals surface area contributed by atoms with Crippen molar-refractivity contribution >= 4 is 49.1 Å². The van der Waals surface area contributed by atoms with Crippen LogP contribution >= 0.6 is 27.3 Å². The van der Waals surface area contributed by atoms with Crippen LogP contribution in [0.15, 0.2) is 45.1 Å². The highest BCUT2D eigenvalue weighted by molar-refractivity contribution is 9.11. The van der Waals surface area contributed by atoms with Crippen LogP contribution in [0.3, 0.4) is 0 Å². The normalized spacial score (nSPS) is 15.4. The zero-order valence-electron chi connectivity index (χ0n) is 14.6. The van der Waals surface area contributed by atoms with Gasteiger partial charge in [-0.1, -0.05) is 12.1 Å². The Kier molecular flexibility index (Phi) is 6.48. The first kappa shape index (κ1) is 20.9. The lowest BCUT2D eigenvalue weighted by atomic mass is 10.3. The minimum Gasteiger partial charge on any atom is -0.342 e. The van der Waals surface area contributed by atoms with Crippen LogP contribution in [-0.2, 0) is 14.8 Å². The SMILES string of the molecule is O=C(NCC(=O)N1CCN(S(=O)(=O)c2ccccc2F)CC1)c1ccc(Br)s1. The Hall–Kier alpha value is -1.82. The second-order valence-electron chi connectivity index (χ2n) is 6.00. The van der Waals surface area contributed by atoms with Crippen LogP contribution < -0.4 is 5.32 Å². The maximum Gasteiger partial charge on any atom is 0.261 e. The van der Waals surface area contributed by atoms with Crippen molar-refractivity contribution in [1.82, 2.24) is 14.5 Å². The summed E-state index contributed by atoms with van der Waals surface area (Å²) in [6, 6.07) is 8.61. The summed E-state index contributed by atoms with van der Waals surface area (Å²) in [6.45, 7) is 0.302. The van der Waals surface area contributed by atoms with E-state index in [-0.39, 0.29) is 49.4 Å². The topological polar surface area (TPSA) is 86.8 Å². The molecule has 1 aromatic carbocycles. The maximum atomic E-state index is 13.8. The van der Waals surface area contributed by atoms with Gasteiger partial charge in [0.15, 0.2) is 0 Å². The lowest BCUT2D eigenvalue weighted by Gasteiger charge is -2.34. The minimum absolute atomic E-state index is 0.0637. The van der Waals surface area contributed by atoms with E-state index in [1.54, 1.807) is 12.1 Å². The summed E-state index contributed by atoms with van der Waals surface area (Å²) in [6.07, 6.45) is 0. The molecule has 3 rings (SSSR count). The molecule has 1 saturated heterocycles. The van der Waals surface area contributed by atoms with Crippen molar-refractivity contribution in [3.8, 4) is 0 Å². The van der Waals surface area contributed by atoms with E-state index in [4.69, 9.17) is 0 Å². The molecule has 1 aromatic heterocycles. The number of carbonyl (C=O) groups excluding carboxylic acids is 2. The highest BCUT2D eigenvalue weighted by atomic mass is 79.9. The molecule has 0 unspecified atom stereocenters. The number of benzene rings is 1. The van der Waals surface area contributed by atoms with E-state index < -0.39 is 15.8 Å². The summed E-state index contributed by atoms with van der Waals surface area (Å²) in [5.41, 5.74) is 0. The van der Waals surface area contributed by atoms with Gasteiger partial charge in [0.25, 0.3) is 5.91 Å². The van der Waals surface area contributed by atoms with E-state index in [1.807, 2.05) is 0 Å². The van der Waals surface area contributed by atoms with Crippen molar-refractivity contribution in [2.75, 3.05) is 32.7 Å². The summed E-state index contributed by atoms with van der Waals surface area (Å²) in [5.74, 6) is -1.44. The summed E-state index contributed by atoms with van der Waals surface area (Å²) >= 11 is 4.53. The molecule has 0 aliphatic carbocycles. The van der Waals surface area contributed by atoms with Crippen molar-refractivity contribution in [3.05, 3.63) is 50.9 Å². The smallest absolute Gasteiger partial charge is 0.261 e. The fourth-order valence-corrected chi connectivity index (χ4v) is 5.55. The van der Waals surface area contributed by atoms with Gasteiger partial charge in [0.1, 0.15) is 10.7 Å². The average molecular weight is 490 g/mol. The van der Waals surface area contributed by atoms with E-state index in [0.717, 1.165) is 14.2 Å². The number of rotatable bonds is 5. The monoisotopic (exact) mass is 489 g/mol. The Bertz CT molecular complexity index is 988. The van der Waals surface area contributed by atoms with Crippen molar-refractivity contribution in [2.24, 2.45) is 0 Å². The number of nitrogens with one attached hydrogen (secondary N) is 1. The Morgan fingerprint density at radius 2 is 1.79 bits per heavy atom. The number of sulfonamides is 1. The van der Waals surface area contributed by atoms with Crippen molar-refractivity contribution in [1.29, 1.82) is 0 Å². The van der Waals surface area contributed by atoms with Crippen LogP contribution in [0, 0.1) is 5.82 Å². The molecular weight excluding hydrogens is 473 g/mol. The highest BCUT2D eigenvalue weighted by Gasteiger charge is 2.31. The lowest BCUT2D eigenvalue weighted by Crippen LogP contribution is -2.52. The van der Waals surface area contributed by atoms with Crippen LogP contribution in [0.4, 0.5) is 4.39 Å². The lowest BCUT2D eigenvalue weighted by molar-refractivity contribution is -0.131. The van der Waals surface area contributed by atoms with Gasteiger partial charge in [-0.15, -0.1) is 11.3 Å². The number of nitrogens with zero attached hydrogens (tertiary/aromatic N) is 2. The average Bonchev–Trinajstić information content (AvgIpc) is 3.12. The Balaban J connectivity index is 1.54. The van der Waals surface area contributed by atoms with E-state index >= 15 is 0 Å². The molecule has 1 fully saturated rings. The van der Waals surface area contributed by atoms with Crippen LogP contribution in [0.25, 0.3) is 0 Å². The fourth-order valence-electron chi connectivity index (χ4n) is 2.76. The third kappa shape index (κ3) is 4.59. The number of hydrogen-bond acceptors (Lipinski definition) is 5. The summed E-state index contributed by atoms with van der Waals surface area (Å²) in [7, 11) is -3.95. The van der Waals surface area contributed by atoms with Crippen molar-refractivity contribution < 1.29 is 22.4 Å². The predicted octanol–water partition coefficient (Wildman–Crippen LogP) is 1.91. The minimum atomic E-state index is -3.95. The molecule has 11 heteroatoms. The van der Waals surface area contributed by atoms with Crippen molar-refractivity contribution in [2.45, 2.75) is 4.90 Å². The first-order chi connectivity index (χ1) is 13.3. The van der Waals surface area contributed by atoms with Gasteiger partial charge < -0.3 is 10.2 Å². The molecule has 1 aliphatic rings. The molecular formula is C17H17BrFN3O4S2. The first-order valence-corrected chi connectivity index (χ1v) is 11.4. The largest absolute Gasteiger partial charge is 0.342 e. The van der Waals surface area contributed by atoms with Gasteiger partial charge in [-0.3, -0.25) is 9.59 Å². The van der Waals surface area contributed by atoms with Crippen LogP contribution in [0.1, 0.15) is 9.67 Å². The molecule has 0 bridgehead atoms. The highest BCUT2D eigenvalue weighted by Crippen LogP contribution is 2.22. The van der Waals surface area contributed by atoms with Crippen LogP contribution in [-0.4, -0.2) is 62.2 Å². The number of amides is 2. The van der Waals surface area contributed by atoms with E-state index in [1.165, 1.54) is 34.4 Å². The Labute approximate surface area is 174 Å². The number of carbonyl (C=O) groups is 2. The van der Waals surface area contributed by atoms with Gasteiger partial charge in [-0.05, 0) is 40.2 Å². The van der Waals surface area contributed by atoms with Crippen LogP contribution in [0.2, 0.25) is 0 Å². The predicted molar refractivity (Wildman–Crippen MR) is 106 cm³/mol. The molecule has 2 aromatic rings. The number of hydrogen-bond donors (Lipinski definition) is 1. The third-order valence-corrected chi connectivity index (χ3v) is 7.80. The molecule has 2 heterocycles. The quantitative estimate of drug-likeness (QED) is 0.694.